The molecule has 0 radical (unpaired) electrons. The van der Waals surface area contributed by atoms with Gasteiger partial charge in [0.2, 0.25) is 0 Å². The molecule has 1 aromatic heterocycles. The van der Waals surface area contributed by atoms with E-state index in [1.807, 2.05) is 6.92 Å². The van der Waals surface area contributed by atoms with E-state index in [1.54, 1.807) is 0 Å². The number of nitrogens with two attached hydrogens (primary N) is 1. The zero-order valence-electron chi connectivity index (χ0n) is 7.58. The highest BCUT2D eigenvalue weighted by atomic mass is 16.1. The summed E-state index contributed by atoms with van der Waals surface area (Å²) >= 11 is 0. The molecule has 0 aliphatic heterocycles. The Bertz CT molecular complexity index is 305. The number of hydrogen-bond donors (Lipinski definition) is 3. The monoisotopic (exact) mass is 182 g/mol. The van der Waals surface area contributed by atoms with E-state index in [-0.39, 0.29) is 11.6 Å². The smallest absolute Gasteiger partial charge is 0.252 e. The van der Waals surface area contributed by atoms with Crippen LogP contribution in [0.4, 0.5) is 5.82 Å². The van der Waals surface area contributed by atoms with Gasteiger partial charge in [0.05, 0.1) is 6.33 Å². The summed E-state index contributed by atoms with van der Waals surface area (Å²) in [5, 5.41) is 3.06. The normalized spacial score (nSPS) is 12.5. The van der Waals surface area contributed by atoms with Crippen molar-refractivity contribution in [1.29, 1.82) is 0 Å². The first-order chi connectivity index (χ1) is 6.26. The van der Waals surface area contributed by atoms with Crippen LogP contribution in [0.3, 0.4) is 0 Å². The van der Waals surface area contributed by atoms with Gasteiger partial charge in [-0.2, -0.15) is 0 Å². The van der Waals surface area contributed by atoms with Gasteiger partial charge >= 0.3 is 0 Å². The van der Waals surface area contributed by atoms with Gasteiger partial charge in [0.25, 0.3) is 5.56 Å². The van der Waals surface area contributed by atoms with Crippen molar-refractivity contribution in [3.63, 3.8) is 0 Å². The molecule has 1 rings (SSSR count). The van der Waals surface area contributed by atoms with Gasteiger partial charge in [-0.1, -0.05) is 6.92 Å². The predicted octanol–water partition coefficient (Wildman–Crippen LogP) is -0.0809. The molecular weight excluding hydrogens is 168 g/mol. The third-order valence-corrected chi connectivity index (χ3v) is 1.81. The molecule has 4 N–H and O–H groups in total. The molecule has 0 saturated heterocycles. The Kier molecular flexibility index (Phi) is 3.45. The summed E-state index contributed by atoms with van der Waals surface area (Å²) in [6, 6.07) is 1.59. The van der Waals surface area contributed by atoms with Gasteiger partial charge in [-0.25, -0.2) is 4.98 Å². The minimum absolute atomic E-state index is 0.163. The van der Waals surface area contributed by atoms with Crippen LogP contribution in [0.15, 0.2) is 17.2 Å². The average molecular weight is 182 g/mol. The van der Waals surface area contributed by atoms with Crippen molar-refractivity contribution in [3.05, 3.63) is 22.7 Å². The lowest BCUT2D eigenvalue weighted by Gasteiger charge is -2.14. The summed E-state index contributed by atoms with van der Waals surface area (Å²) in [7, 11) is 0. The molecule has 5 heteroatoms. The molecule has 0 bridgehead atoms. The fraction of sp³-hybridized carbons (Fsp3) is 0.500. The first-order valence-corrected chi connectivity index (χ1v) is 4.27. The van der Waals surface area contributed by atoms with Crippen molar-refractivity contribution in [1.82, 2.24) is 9.97 Å². The maximum absolute atomic E-state index is 10.9. The molecule has 0 aliphatic carbocycles. The summed E-state index contributed by atoms with van der Waals surface area (Å²) in [4.78, 5) is 17.3. The number of H-pyrrole nitrogens is 1. The SMILES string of the molecule is CCC(CN)Nc1cc(=O)[nH]cn1. The summed E-state index contributed by atoms with van der Waals surface area (Å²) in [6.45, 7) is 2.56. The van der Waals surface area contributed by atoms with Gasteiger partial charge in [0, 0.05) is 18.7 Å². The van der Waals surface area contributed by atoms with Crippen molar-refractivity contribution < 1.29 is 0 Å². The fourth-order valence-electron chi connectivity index (χ4n) is 0.984. The number of anilines is 1. The third kappa shape index (κ3) is 2.87. The summed E-state index contributed by atoms with van der Waals surface area (Å²) < 4.78 is 0. The quantitative estimate of drug-likeness (QED) is 0.608. The zero-order chi connectivity index (χ0) is 9.68. The van der Waals surface area contributed by atoms with E-state index in [0.717, 1.165) is 6.42 Å². The zero-order valence-corrected chi connectivity index (χ0v) is 7.58. The van der Waals surface area contributed by atoms with Crippen LogP contribution in [0, 0.1) is 0 Å². The van der Waals surface area contributed by atoms with Crippen molar-refractivity contribution >= 4 is 5.82 Å². The van der Waals surface area contributed by atoms with Crippen molar-refractivity contribution in [2.24, 2.45) is 5.73 Å². The molecule has 0 fully saturated rings. The van der Waals surface area contributed by atoms with Crippen LogP contribution in [0.1, 0.15) is 13.3 Å². The molecule has 1 heterocycles. The molecule has 0 saturated carbocycles. The molecule has 1 aromatic rings. The maximum atomic E-state index is 10.9. The largest absolute Gasteiger partial charge is 0.366 e. The molecule has 13 heavy (non-hydrogen) atoms. The van der Waals surface area contributed by atoms with E-state index in [2.05, 4.69) is 15.3 Å². The molecule has 0 amide bonds. The van der Waals surface area contributed by atoms with Gasteiger partial charge < -0.3 is 16.0 Å². The van der Waals surface area contributed by atoms with Crippen molar-refractivity contribution in [2.75, 3.05) is 11.9 Å². The van der Waals surface area contributed by atoms with Gasteiger partial charge in [-0.3, -0.25) is 4.79 Å². The molecule has 0 aromatic carbocycles. The van der Waals surface area contributed by atoms with Crippen LogP contribution in [0.2, 0.25) is 0 Å². The molecule has 72 valence electrons. The lowest BCUT2D eigenvalue weighted by molar-refractivity contribution is 0.699. The highest BCUT2D eigenvalue weighted by Crippen LogP contribution is 2.00. The molecule has 0 spiro atoms. The van der Waals surface area contributed by atoms with Gasteiger partial charge in [-0.05, 0) is 6.42 Å². The number of hydrogen-bond acceptors (Lipinski definition) is 4. The van der Waals surface area contributed by atoms with E-state index >= 15 is 0 Å². The minimum atomic E-state index is -0.163. The van der Waals surface area contributed by atoms with Crippen LogP contribution in [-0.4, -0.2) is 22.6 Å². The molecular formula is C8H14N4O. The Morgan fingerprint density at radius 2 is 2.54 bits per heavy atom. The minimum Gasteiger partial charge on any atom is -0.366 e. The Hall–Kier alpha value is -1.36. The molecule has 1 unspecified atom stereocenters. The predicted molar refractivity (Wildman–Crippen MR) is 51.6 cm³/mol. The van der Waals surface area contributed by atoms with E-state index < -0.39 is 0 Å². The topological polar surface area (TPSA) is 83.8 Å². The average Bonchev–Trinajstić information content (AvgIpc) is 2.14. The van der Waals surface area contributed by atoms with Crippen LogP contribution in [0.5, 0.6) is 0 Å². The Morgan fingerprint density at radius 3 is 3.08 bits per heavy atom. The first kappa shape index (κ1) is 9.73. The first-order valence-electron chi connectivity index (χ1n) is 4.27. The number of nitrogens with one attached hydrogen (secondary N) is 2. The number of aromatic nitrogens is 2. The lowest BCUT2D eigenvalue weighted by atomic mass is 10.2. The second-order valence-corrected chi connectivity index (χ2v) is 2.78. The summed E-state index contributed by atoms with van der Waals surface area (Å²) in [5.74, 6) is 0.570. The van der Waals surface area contributed by atoms with E-state index in [0.29, 0.717) is 12.4 Å². The number of aromatic amines is 1. The summed E-state index contributed by atoms with van der Waals surface area (Å²) in [6.07, 6.45) is 2.28. The van der Waals surface area contributed by atoms with Crippen molar-refractivity contribution in [3.8, 4) is 0 Å². The van der Waals surface area contributed by atoms with Crippen LogP contribution in [0.25, 0.3) is 0 Å². The van der Waals surface area contributed by atoms with Crippen LogP contribution in [-0.2, 0) is 0 Å². The van der Waals surface area contributed by atoms with Crippen molar-refractivity contribution in [2.45, 2.75) is 19.4 Å². The summed E-state index contributed by atoms with van der Waals surface area (Å²) in [5.41, 5.74) is 5.33. The Balaban J connectivity index is 2.68. The molecule has 1 atom stereocenters. The second-order valence-electron chi connectivity index (χ2n) is 2.78. The third-order valence-electron chi connectivity index (χ3n) is 1.81. The Morgan fingerprint density at radius 1 is 1.77 bits per heavy atom. The van der Waals surface area contributed by atoms with E-state index in [9.17, 15) is 4.79 Å². The van der Waals surface area contributed by atoms with E-state index in [1.165, 1.54) is 12.4 Å². The van der Waals surface area contributed by atoms with Gasteiger partial charge in [0.15, 0.2) is 0 Å². The lowest BCUT2D eigenvalue weighted by Crippen LogP contribution is -2.28. The standard InChI is InChI=1S/C8H14N4O/c1-2-6(4-9)12-7-3-8(13)11-5-10-7/h3,5-6H,2,4,9H2,1H3,(H2,10,11,12,13). The van der Waals surface area contributed by atoms with Crippen LogP contribution < -0.4 is 16.6 Å². The van der Waals surface area contributed by atoms with Gasteiger partial charge in [-0.15, -0.1) is 0 Å². The fourth-order valence-corrected chi connectivity index (χ4v) is 0.984. The Labute approximate surface area is 76.4 Å². The van der Waals surface area contributed by atoms with Gasteiger partial charge in [0.1, 0.15) is 5.82 Å². The van der Waals surface area contributed by atoms with E-state index in [4.69, 9.17) is 5.73 Å². The highest BCUT2D eigenvalue weighted by molar-refractivity contribution is 5.32. The second kappa shape index (κ2) is 4.61. The molecule has 5 nitrogen and oxygen atoms in total. The maximum Gasteiger partial charge on any atom is 0.252 e. The number of nitrogens with zero attached hydrogens (tertiary/aromatic N) is 1. The molecule has 0 aliphatic rings. The number of rotatable bonds is 4. The van der Waals surface area contributed by atoms with Crippen LogP contribution >= 0.6 is 0 Å². The highest BCUT2D eigenvalue weighted by Gasteiger charge is 2.03.